The SMILES string of the molecule is CSc1ccccc1C(=O)NCc1ccc(-n2ccnc2)cc1. The highest BCUT2D eigenvalue weighted by Gasteiger charge is 2.09. The zero-order valence-corrected chi connectivity index (χ0v) is 13.6. The van der Waals surface area contributed by atoms with Crippen LogP contribution in [-0.2, 0) is 6.54 Å². The molecule has 1 amide bonds. The van der Waals surface area contributed by atoms with E-state index in [4.69, 9.17) is 0 Å². The quantitative estimate of drug-likeness (QED) is 0.731. The Labute approximate surface area is 139 Å². The van der Waals surface area contributed by atoms with Crippen LogP contribution in [0.5, 0.6) is 0 Å². The molecule has 23 heavy (non-hydrogen) atoms. The van der Waals surface area contributed by atoms with E-state index in [1.165, 1.54) is 0 Å². The van der Waals surface area contributed by atoms with Crippen molar-refractivity contribution in [2.75, 3.05) is 6.26 Å². The van der Waals surface area contributed by atoms with E-state index in [0.29, 0.717) is 6.54 Å². The Morgan fingerprint density at radius 2 is 1.96 bits per heavy atom. The van der Waals surface area contributed by atoms with Crippen molar-refractivity contribution in [2.45, 2.75) is 11.4 Å². The van der Waals surface area contributed by atoms with Crippen molar-refractivity contribution >= 4 is 17.7 Å². The van der Waals surface area contributed by atoms with Crippen molar-refractivity contribution in [1.82, 2.24) is 14.9 Å². The van der Waals surface area contributed by atoms with Crippen LogP contribution in [-0.4, -0.2) is 21.7 Å². The number of nitrogens with one attached hydrogen (secondary N) is 1. The molecule has 4 nitrogen and oxygen atoms in total. The summed E-state index contributed by atoms with van der Waals surface area (Å²) in [5, 5.41) is 2.97. The Morgan fingerprint density at radius 3 is 2.65 bits per heavy atom. The average Bonchev–Trinajstić information content (AvgIpc) is 3.14. The zero-order valence-electron chi connectivity index (χ0n) is 12.8. The first-order chi connectivity index (χ1) is 11.3. The number of aromatic nitrogens is 2. The molecule has 0 spiro atoms. The monoisotopic (exact) mass is 323 g/mol. The molecule has 0 aliphatic rings. The van der Waals surface area contributed by atoms with Crippen LogP contribution in [0.4, 0.5) is 0 Å². The molecular weight excluding hydrogens is 306 g/mol. The standard InChI is InChI=1S/C18H17N3OS/c1-23-17-5-3-2-4-16(17)18(22)20-12-14-6-8-15(9-7-14)21-11-10-19-13-21/h2-11,13H,12H2,1H3,(H,20,22). The van der Waals surface area contributed by atoms with Gasteiger partial charge in [0.25, 0.3) is 5.91 Å². The highest BCUT2D eigenvalue weighted by molar-refractivity contribution is 7.98. The normalized spacial score (nSPS) is 10.5. The molecule has 0 bridgehead atoms. The van der Waals surface area contributed by atoms with Gasteiger partial charge in [-0.3, -0.25) is 4.79 Å². The van der Waals surface area contributed by atoms with Gasteiger partial charge in [0.1, 0.15) is 0 Å². The molecule has 1 aromatic heterocycles. The maximum atomic E-state index is 12.3. The second-order valence-electron chi connectivity index (χ2n) is 5.02. The van der Waals surface area contributed by atoms with E-state index in [0.717, 1.165) is 21.7 Å². The predicted molar refractivity (Wildman–Crippen MR) is 93.0 cm³/mol. The molecule has 3 rings (SSSR count). The third-order valence-corrected chi connectivity index (χ3v) is 4.34. The lowest BCUT2D eigenvalue weighted by atomic mass is 10.2. The molecule has 0 aliphatic carbocycles. The number of amides is 1. The molecule has 5 heteroatoms. The van der Waals surface area contributed by atoms with E-state index in [-0.39, 0.29) is 5.91 Å². The Balaban J connectivity index is 1.65. The van der Waals surface area contributed by atoms with Gasteiger partial charge >= 0.3 is 0 Å². The number of carbonyl (C=O) groups excluding carboxylic acids is 1. The minimum atomic E-state index is -0.0476. The number of benzene rings is 2. The molecule has 1 N–H and O–H groups in total. The Bertz CT molecular complexity index is 782. The van der Waals surface area contributed by atoms with Crippen LogP contribution in [0.25, 0.3) is 5.69 Å². The molecule has 0 saturated heterocycles. The maximum absolute atomic E-state index is 12.3. The Kier molecular flexibility index (Phi) is 4.78. The van der Waals surface area contributed by atoms with Crippen molar-refractivity contribution in [2.24, 2.45) is 0 Å². The van der Waals surface area contributed by atoms with Gasteiger partial charge in [-0.1, -0.05) is 24.3 Å². The largest absolute Gasteiger partial charge is 0.348 e. The number of hydrogen-bond donors (Lipinski definition) is 1. The van der Waals surface area contributed by atoms with Crippen LogP contribution in [0, 0.1) is 0 Å². The molecule has 3 aromatic rings. The van der Waals surface area contributed by atoms with Crippen LogP contribution in [0.2, 0.25) is 0 Å². The molecule has 0 atom stereocenters. The topological polar surface area (TPSA) is 46.9 Å². The van der Waals surface area contributed by atoms with E-state index in [1.54, 1.807) is 24.3 Å². The fraction of sp³-hybridized carbons (Fsp3) is 0.111. The third kappa shape index (κ3) is 3.63. The molecule has 0 fully saturated rings. The van der Waals surface area contributed by atoms with E-state index < -0.39 is 0 Å². The fourth-order valence-electron chi connectivity index (χ4n) is 2.31. The van der Waals surface area contributed by atoms with Gasteiger partial charge in [0, 0.05) is 29.5 Å². The van der Waals surface area contributed by atoms with E-state index in [1.807, 2.05) is 65.6 Å². The van der Waals surface area contributed by atoms with Gasteiger partial charge in [-0.05, 0) is 36.1 Å². The number of rotatable bonds is 5. The molecule has 0 saturated carbocycles. The maximum Gasteiger partial charge on any atom is 0.252 e. The number of hydrogen-bond acceptors (Lipinski definition) is 3. The highest BCUT2D eigenvalue weighted by Crippen LogP contribution is 2.19. The number of nitrogens with zero attached hydrogens (tertiary/aromatic N) is 2. The van der Waals surface area contributed by atoms with Gasteiger partial charge in [0.05, 0.1) is 11.9 Å². The second kappa shape index (κ2) is 7.15. The minimum Gasteiger partial charge on any atom is -0.348 e. The molecule has 116 valence electrons. The van der Waals surface area contributed by atoms with Gasteiger partial charge in [-0.25, -0.2) is 4.98 Å². The first-order valence-corrected chi connectivity index (χ1v) is 8.49. The van der Waals surface area contributed by atoms with Gasteiger partial charge in [-0.2, -0.15) is 0 Å². The van der Waals surface area contributed by atoms with Crippen LogP contribution in [0.1, 0.15) is 15.9 Å². The van der Waals surface area contributed by atoms with E-state index >= 15 is 0 Å². The van der Waals surface area contributed by atoms with Crippen molar-refractivity contribution in [1.29, 1.82) is 0 Å². The highest BCUT2D eigenvalue weighted by atomic mass is 32.2. The molecular formula is C18H17N3OS. The Hall–Kier alpha value is -2.53. The summed E-state index contributed by atoms with van der Waals surface area (Å²) in [5.41, 5.74) is 2.82. The fourth-order valence-corrected chi connectivity index (χ4v) is 2.90. The molecule has 0 aliphatic heterocycles. The lowest BCUT2D eigenvalue weighted by molar-refractivity contribution is 0.0948. The van der Waals surface area contributed by atoms with Crippen molar-refractivity contribution < 1.29 is 4.79 Å². The van der Waals surface area contributed by atoms with Gasteiger partial charge < -0.3 is 9.88 Å². The predicted octanol–water partition coefficient (Wildman–Crippen LogP) is 3.52. The summed E-state index contributed by atoms with van der Waals surface area (Å²) in [6, 6.07) is 15.7. The summed E-state index contributed by atoms with van der Waals surface area (Å²) >= 11 is 1.58. The van der Waals surface area contributed by atoms with Crippen molar-refractivity contribution in [3.8, 4) is 5.69 Å². The van der Waals surface area contributed by atoms with E-state index in [2.05, 4.69) is 10.3 Å². The summed E-state index contributed by atoms with van der Waals surface area (Å²) in [4.78, 5) is 17.3. The molecule has 2 aromatic carbocycles. The van der Waals surface area contributed by atoms with Crippen LogP contribution in [0.3, 0.4) is 0 Å². The summed E-state index contributed by atoms with van der Waals surface area (Å²) in [7, 11) is 0. The van der Waals surface area contributed by atoms with Gasteiger partial charge in [-0.15, -0.1) is 11.8 Å². The lowest BCUT2D eigenvalue weighted by Crippen LogP contribution is -2.23. The number of imidazole rings is 1. The molecule has 1 heterocycles. The summed E-state index contributed by atoms with van der Waals surface area (Å²) in [6.07, 6.45) is 7.38. The van der Waals surface area contributed by atoms with Crippen molar-refractivity contribution in [3.63, 3.8) is 0 Å². The zero-order chi connectivity index (χ0) is 16.1. The smallest absolute Gasteiger partial charge is 0.252 e. The lowest BCUT2D eigenvalue weighted by Gasteiger charge is -2.09. The van der Waals surface area contributed by atoms with Gasteiger partial charge in [0.2, 0.25) is 0 Å². The number of carbonyl (C=O) groups is 1. The minimum absolute atomic E-state index is 0.0476. The van der Waals surface area contributed by atoms with Crippen LogP contribution < -0.4 is 5.32 Å². The first-order valence-electron chi connectivity index (χ1n) is 7.26. The molecule has 0 radical (unpaired) electrons. The summed E-state index contributed by atoms with van der Waals surface area (Å²) in [5.74, 6) is -0.0476. The summed E-state index contributed by atoms with van der Waals surface area (Å²) in [6.45, 7) is 0.506. The number of thioether (sulfide) groups is 1. The average molecular weight is 323 g/mol. The molecule has 0 unspecified atom stereocenters. The second-order valence-corrected chi connectivity index (χ2v) is 5.87. The van der Waals surface area contributed by atoms with Crippen molar-refractivity contribution in [3.05, 3.63) is 78.4 Å². The van der Waals surface area contributed by atoms with E-state index in [9.17, 15) is 4.79 Å². The van der Waals surface area contributed by atoms with Gasteiger partial charge in [0.15, 0.2) is 0 Å². The van der Waals surface area contributed by atoms with Crippen LogP contribution >= 0.6 is 11.8 Å². The summed E-state index contributed by atoms with van der Waals surface area (Å²) < 4.78 is 1.94. The first kappa shape index (κ1) is 15.4. The Morgan fingerprint density at radius 1 is 1.17 bits per heavy atom. The van der Waals surface area contributed by atoms with Crippen LogP contribution in [0.15, 0.2) is 72.1 Å². The third-order valence-electron chi connectivity index (χ3n) is 3.54.